The predicted molar refractivity (Wildman–Crippen MR) is 50.5 cm³/mol. The van der Waals surface area contributed by atoms with Crippen LogP contribution >= 0.6 is 22.9 Å². The fourth-order valence-electron chi connectivity index (χ4n) is 0.772. The highest BCUT2D eigenvalue weighted by Gasteiger charge is 2.22. The molecule has 0 radical (unpaired) electrons. The largest absolute Gasteiger partial charge is 0.481 e. The number of thiophene rings is 1. The van der Waals surface area contributed by atoms with Gasteiger partial charge in [0.15, 0.2) is 5.78 Å². The normalized spacial score (nSPS) is 12.5. The lowest BCUT2D eigenvalue weighted by atomic mass is 10.1. The van der Waals surface area contributed by atoms with Crippen LogP contribution in [0.4, 0.5) is 0 Å². The quantitative estimate of drug-likeness (QED) is 0.626. The van der Waals surface area contributed by atoms with E-state index in [2.05, 4.69) is 0 Å². The van der Waals surface area contributed by atoms with Crippen molar-refractivity contribution in [2.45, 2.75) is 6.92 Å². The van der Waals surface area contributed by atoms with Gasteiger partial charge in [-0.25, -0.2) is 0 Å². The van der Waals surface area contributed by atoms with Crippen molar-refractivity contribution in [2.24, 2.45) is 5.92 Å². The number of carboxylic acid groups (broad SMARTS) is 1. The minimum absolute atomic E-state index is 0.389. The summed E-state index contributed by atoms with van der Waals surface area (Å²) in [6.07, 6.45) is 0. The van der Waals surface area contributed by atoms with Gasteiger partial charge in [0.25, 0.3) is 0 Å². The standard InChI is InChI=1S/C8H7ClO3S/c1-4(8(11)12)7(10)5-2-3-6(9)13-5/h2-4H,1H3,(H,11,12). The van der Waals surface area contributed by atoms with Crippen LogP contribution in [0.1, 0.15) is 16.6 Å². The van der Waals surface area contributed by atoms with Crippen molar-refractivity contribution in [1.29, 1.82) is 0 Å². The molecular weight excluding hydrogens is 212 g/mol. The molecule has 0 saturated heterocycles. The second kappa shape index (κ2) is 3.89. The lowest BCUT2D eigenvalue weighted by Crippen LogP contribution is -2.19. The summed E-state index contributed by atoms with van der Waals surface area (Å²) in [6, 6.07) is 3.11. The highest BCUT2D eigenvalue weighted by molar-refractivity contribution is 7.18. The van der Waals surface area contributed by atoms with E-state index in [9.17, 15) is 9.59 Å². The fourth-order valence-corrected chi connectivity index (χ4v) is 1.84. The summed E-state index contributed by atoms with van der Waals surface area (Å²) in [6.45, 7) is 1.36. The molecule has 3 nitrogen and oxygen atoms in total. The summed E-state index contributed by atoms with van der Waals surface area (Å²) in [5, 5.41) is 8.57. The van der Waals surface area contributed by atoms with E-state index < -0.39 is 17.7 Å². The van der Waals surface area contributed by atoms with Crippen LogP contribution in [0.15, 0.2) is 12.1 Å². The van der Waals surface area contributed by atoms with Gasteiger partial charge in [-0.2, -0.15) is 0 Å². The molecule has 0 aliphatic carbocycles. The Morgan fingerprint density at radius 2 is 2.15 bits per heavy atom. The van der Waals surface area contributed by atoms with Gasteiger partial charge < -0.3 is 5.11 Å². The van der Waals surface area contributed by atoms with Crippen LogP contribution in [0.2, 0.25) is 4.34 Å². The molecule has 1 atom stereocenters. The van der Waals surface area contributed by atoms with E-state index in [0.29, 0.717) is 9.21 Å². The zero-order chi connectivity index (χ0) is 10.0. The molecule has 0 bridgehead atoms. The smallest absolute Gasteiger partial charge is 0.314 e. The number of hydrogen-bond donors (Lipinski definition) is 1. The highest BCUT2D eigenvalue weighted by Crippen LogP contribution is 2.23. The van der Waals surface area contributed by atoms with E-state index in [1.807, 2.05) is 0 Å². The molecule has 0 aliphatic rings. The molecule has 1 unspecified atom stereocenters. The Hall–Kier alpha value is -0.870. The van der Waals surface area contributed by atoms with Gasteiger partial charge in [0, 0.05) is 0 Å². The first kappa shape index (κ1) is 10.2. The Morgan fingerprint density at radius 3 is 2.54 bits per heavy atom. The monoisotopic (exact) mass is 218 g/mol. The second-order valence-electron chi connectivity index (χ2n) is 2.53. The molecule has 1 N–H and O–H groups in total. The maximum absolute atomic E-state index is 11.4. The Bertz CT molecular complexity index is 345. The third kappa shape index (κ3) is 2.29. The van der Waals surface area contributed by atoms with E-state index in [-0.39, 0.29) is 0 Å². The number of Topliss-reactive ketones (excluding diaryl/α,β-unsaturated/α-hetero) is 1. The maximum atomic E-state index is 11.4. The summed E-state index contributed by atoms with van der Waals surface area (Å²) in [5.74, 6) is -2.52. The van der Waals surface area contributed by atoms with Crippen molar-refractivity contribution in [3.63, 3.8) is 0 Å². The Balaban J connectivity index is 2.85. The van der Waals surface area contributed by atoms with E-state index in [1.165, 1.54) is 13.0 Å². The van der Waals surface area contributed by atoms with Gasteiger partial charge in [-0.3, -0.25) is 9.59 Å². The number of carbonyl (C=O) groups excluding carboxylic acids is 1. The van der Waals surface area contributed by atoms with Crippen molar-refractivity contribution in [3.8, 4) is 0 Å². The Morgan fingerprint density at radius 1 is 1.54 bits per heavy atom. The van der Waals surface area contributed by atoms with E-state index in [1.54, 1.807) is 6.07 Å². The van der Waals surface area contributed by atoms with Gasteiger partial charge >= 0.3 is 5.97 Å². The third-order valence-corrected chi connectivity index (χ3v) is 2.83. The summed E-state index contributed by atoms with van der Waals surface area (Å²) in [5.41, 5.74) is 0. The van der Waals surface area contributed by atoms with Crippen LogP contribution in [0, 0.1) is 5.92 Å². The van der Waals surface area contributed by atoms with Gasteiger partial charge in [-0.1, -0.05) is 11.6 Å². The molecule has 0 aliphatic heterocycles. The van der Waals surface area contributed by atoms with Crippen molar-refractivity contribution in [3.05, 3.63) is 21.3 Å². The SMILES string of the molecule is CC(C(=O)O)C(=O)c1ccc(Cl)s1. The van der Waals surface area contributed by atoms with Crippen molar-refractivity contribution in [1.82, 2.24) is 0 Å². The summed E-state index contributed by atoms with van der Waals surface area (Å²) < 4.78 is 0.487. The summed E-state index contributed by atoms with van der Waals surface area (Å²) >= 11 is 6.70. The van der Waals surface area contributed by atoms with E-state index in [4.69, 9.17) is 16.7 Å². The predicted octanol–water partition coefficient (Wildman–Crippen LogP) is 2.30. The number of aliphatic carboxylic acids is 1. The zero-order valence-electron chi connectivity index (χ0n) is 6.78. The van der Waals surface area contributed by atoms with Crippen LogP contribution in [0.5, 0.6) is 0 Å². The molecule has 0 amide bonds. The van der Waals surface area contributed by atoms with Crippen LogP contribution in [-0.2, 0) is 4.79 Å². The molecule has 1 aromatic rings. The van der Waals surface area contributed by atoms with Crippen LogP contribution < -0.4 is 0 Å². The van der Waals surface area contributed by atoms with Gasteiger partial charge in [0.05, 0.1) is 9.21 Å². The number of ketones is 1. The first-order chi connectivity index (χ1) is 6.02. The second-order valence-corrected chi connectivity index (χ2v) is 4.24. The zero-order valence-corrected chi connectivity index (χ0v) is 8.35. The molecule has 1 rings (SSSR count). The number of hydrogen-bond acceptors (Lipinski definition) is 3. The average Bonchev–Trinajstić information content (AvgIpc) is 2.49. The number of carboxylic acids is 1. The minimum Gasteiger partial charge on any atom is -0.481 e. The molecule has 0 fully saturated rings. The molecule has 13 heavy (non-hydrogen) atoms. The van der Waals surface area contributed by atoms with Gasteiger partial charge in [0.2, 0.25) is 0 Å². The van der Waals surface area contributed by atoms with Crippen LogP contribution in [0.3, 0.4) is 0 Å². The lowest BCUT2D eigenvalue weighted by molar-refractivity contribution is -0.139. The molecule has 1 aromatic heterocycles. The molecule has 70 valence electrons. The number of halogens is 1. The minimum atomic E-state index is -1.12. The van der Waals surface area contributed by atoms with E-state index >= 15 is 0 Å². The molecule has 0 spiro atoms. The third-order valence-electron chi connectivity index (χ3n) is 1.58. The number of carbonyl (C=O) groups is 2. The molecular formula is C8H7ClO3S. The maximum Gasteiger partial charge on any atom is 0.314 e. The summed E-state index contributed by atoms with van der Waals surface area (Å²) in [4.78, 5) is 22.2. The van der Waals surface area contributed by atoms with Crippen LogP contribution in [-0.4, -0.2) is 16.9 Å². The van der Waals surface area contributed by atoms with E-state index in [0.717, 1.165) is 11.3 Å². The summed E-state index contributed by atoms with van der Waals surface area (Å²) in [7, 11) is 0. The van der Waals surface area contributed by atoms with Crippen molar-refractivity contribution >= 4 is 34.7 Å². The Kier molecular flexibility index (Phi) is 3.06. The molecule has 0 saturated carbocycles. The van der Waals surface area contributed by atoms with Crippen molar-refractivity contribution < 1.29 is 14.7 Å². The van der Waals surface area contributed by atoms with Crippen molar-refractivity contribution in [2.75, 3.05) is 0 Å². The fraction of sp³-hybridized carbons (Fsp3) is 0.250. The Labute approximate surface area is 84.0 Å². The molecule has 0 aromatic carbocycles. The first-order valence-corrected chi connectivity index (χ1v) is 4.74. The highest BCUT2D eigenvalue weighted by atomic mass is 35.5. The first-order valence-electron chi connectivity index (χ1n) is 3.54. The number of rotatable bonds is 3. The molecule has 1 heterocycles. The average molecular weight is 219 g/mol. The van der Waals surface area contributed by atoms with Gasteiger partial charge in [-0.15, -0.1) is 11.3 Å². The molecule has 5 heteroatoms. The lowest BCUT2D eigenvalue weighted by Gasteiger charge is -2.01. The van der Waals surface area contributed by atoms with Gasteiger partial charge in [0.1, 0.15) is 5.92 Å². The van der Waals surface area contributed by atoms with Crippen LogP contribution in [0.25, 0.3) is 0 Å². The topological polar surface area (TPSA) is 54.4 Å². The van der Waals surface area contributed by atoms with Gasteiger partial charge in [-0.05, 0) is 19.1 Å².